The number of pyridine rings is 1. The van der Waals surface area contributed by atoms with Crippen LogP contribution in [0, 0.1) is 13.8 Å². The lowest BCUT2D eigenvalue weighted by molar-refractivity contribution is 0.0708. The molecule has 5 nitrogen and oxygen atoms in total. The van der Waals surface area contributed by atoms with E-state index in [4.69, 9.17) is 5.73 Å². The Hall–Kier alpha value is -2.14. The highest BCUT2D eigenvalue weighted by molar-refractivity contribution is 5.95. The largest absolute Gasteiger partial charge is 0.342 e. The van der Waals surface area contributed by atoms with Gasteiger partial charge in [-0.05, 0) is 44.9 Å². The van der Waals surface area contributed by atoms with Crippen LogP contribution in [0.3, 0.4) is 0 Å². The quantitative estimate of drug-likeness (QED) is 0.944. The third-order valence-electron chi connectivity index (χ3n) is 4.60. The van der Waals surface area contributed by atoms with Crippen molar-refractivity contribution in [3.05, 3.63) is 53.1 Å². The van der Waals surface area contributed by atoms with Crippen molar-refractivity contribution < 1.29 is 4.79 Å². The van der Waals surface area contributed by atoms with E-state index in [2.05, 4.69) is 9.55 Å². The first-order chi connectivity index (χ1) is 11.1. The summed E-state index contributed by atoms with van der Waals surface area (Å²) in [7, 11) is 0. The second-order valence-corrected chi connectivity index (χ2v) is 6.35. The number of hydrogen-bond donors (Lipinski definition) is 1. The molecular formula is C18H24N4O. The van der Waals surface area contributed by atoms with E-state index < -0.39 is 0 Å². The number of amides is 1. The molecule has 1 aliphatic heterocycles. The monoisotopic (exact) mass is 312 g/mol. The van der Waals surface area contributed by atoms with Crippen LogP contribution in [-0.4, -0.2) is 39.5 Å². The summed E-state index contributed by atoms with van der Waals surface area (Å²) < 4.78 is 2.15. The van der Waals surface area contributed by atoms with Crippen molar-refractivity contribution in [2.24, 2.45) is 5.73 Å². The third-order valence-corrected chi connectivity index (χ3v) is 4.60. The molecule has 1 saturated heterocycles. The number of hydrogen-bond acceptors (Lipinski definition) is 3. The number of nitrogens with two attached hydrogens (primary N) is 1. The summed E-state index contributed by atoms with van der Waals surface area (Å²) >= 11 is 0. The van der Waals surface area contributed by atoms with Crippen LogP contribution in [0.1, 0.15) is 40.3 Å². The topological polar surface area (TPSA) is 64.2 Å². The molecule has 1 amide bonds. The van der Waals surface area contributed by atoms with Gasteiger partial charge in [-0.1, -0.05) is 6.07 Å². The van der Waals surface area contributed by atoms with Crippen molar-refractivity contribution >= 4 is 5.91 Å². The number of nitrogens with zero attached hydrogens (tertiary/aromatic N) is 3. The van der Waals surface area contributed by atoms with Crippen LogP contribution in [0.2, 0.25) is 0 Å². The van der Waals surface area contributed by atoms with Crippen LogP contribution in [0.25, 0.3) is 0 Å². The van der Waals surface area contributed by atoms with E-state index in [-0.39, 0.29) is 11.9 Å². The van der Waals surface area contributed by atoms with Crippen LogP contribution in [0.5, 0.6) is 0 Å². The molecule has 1 aliphatic rings. The van der Waals surface area contributed by atoms with Crippen molar-refractivity contribution in [1.82, 2.24) is 14.5 Å². The lowest BCUT2D eigenvalue weighted by Crippen LogP contribution is -2.45. The SMILES string of the molecule is Cc1cc(C(=O)N2CCCC(N)C2)c(C)n1Cc1ccccn1. The summed E-state index contributed by atoms with van der Waals surface area (Å²) in [6.07, 6.45) is 3.78. The van der Waals surface area contributed by atoms with Gasteiger partial charge in [0.2, 0.25) is 0 Å². The molecule has 1 atom stereocenters. The Bertz CT molecular complexity index is 693. The molecule has 3 heterocycles. The fourth-order valence-electron chi connectivity index (χ4n) is 3.28. The predicted octanol–water partition coefficient (Wildman–Crippen LogP) is 2.11. The highest BCUT2D eigenvalue weighted by atomic mass is 16.2. The fourth-order valence-corrected chi connectivity index (χ4v) is 3.28. The number of piperidine rings is 1. The van der Waals surface area contributed by atoms with Gasteiger partial charge < -0.3 is 15.2 Å². The lowest BCUT2D eigenvalue weighted by Gasteiger charge is -2.30. The normalized spacial score (nSPS) is 18.2. The third kappa shape index (κ3) is 3.29. The van der Waals surface area contributed by atoms with Crippen LogP contribution < -0.4 is 5.73 Å². The van der Waals surface area contributed by atoms with Gasteiger partial charge in [-0.3, -0.25) is 9.78 Å². The molecule has 1 fully saturated rings. The van der Waals surface area contributed by atoms with Gasteiger partial charge in [-0.25, -0.2) is 0 Å². The van der Waals surface area contributed by atoms with Gasteiger partial charge in [0.1, 0.15) is 0 Å². The maximum atomic E-state index is 12.8. The molecule has 0 aromatic carbocycles. The van der Waals surface area contributed by atoms with Gasteiger partial charge in [-0.2, -0.15) is 0 Å². The first kappa shape index (κ1) is 15.7. The summed E-state index contributed by atoms with van der Waals surface area (Å²) in [6.45, 7) is 6.19. The van der Waals surface area contributed by atoms with Crippen molar-refractivity contribution in [3.63, 3.8) is 0 Å². The number of aromatic nitrogens is 2. The van der Waals surface area contributed by atoms with Crippen LogP contribution in [0.15, 0.2) is 30.5 Å². The average Bonchev–Trinajstić information content (AvgIpc) is 2.83. The first-order valence-corrected chi connectivity index (χ1v) is 8.17. The van der Waals surface area contributed by atoms with Gasteiger partial charge in [0.25, 0.3) is 5.91 Å². The van der Waals surface area contributed by atoms with Gasteiger partial charge in [0, 0.05) is 36.7 Å². The van der Waals surface area contributed by atoms with E-state index in [1.54, 1.807) is 6.20 Å². The zero-order chi connectivity index (χ0) is 16.4. The molecule has 2 aromatic heterocycles. The Kier molecular flexibility index (Phi) is 4.48. The molecule has 0 saturated carbocycles. The Morgan fingerprint density at radius 2 is 2.22 bits per heavy atom. The summed E-state index contributed by atoms with van der Waals surface area (Å²) in [6, 6.07) is 7.99. The molecule has 0 bridgehead atoms. The maximum Gasteiger partial charge on any atom is 0.255 e. The molecule has 3 rings (SSSR count). The number of rotatable bonds is 3. The van der Waals surface area contributed by atoms with Crippen LogP contribution in [0.4, 0.5) is 0 Å². The molecular weight excluding hydrogens is 288 g/mol. The Morgan fingerprint density at radius 3 is 2.91 bits per heavy atom. The predicted molar refractivity (Wildman–Crippen MR) is 90.4 cm³/mol. The Balaban J connectivity index is 1.84. The second kappa shape index (κ2) is 6.54. The lowest BCUT2D eigenvalue weighted by atomic mass is 10.1. The van der Waals surface area contributed by atoms with E-state index in [0.717, 1.165) is 42.0 Å². The zero-order valence-electron chi connectivity index (χ0n) is 13.8. The van der Waals surface area contributed by atoms with Crippen molar-refractivity contribution in [2.75, 3.05) is 13.1 Å². The summed E-state index contributed by atoms with van der Waals surface area (Å²) in [5.74, 6) is 0.0977. The van der Waals surface area contributed by atoms with E-state index in [0.29, 0.717) is 13.1 Å². The fraction of sp³-hybridized carbons (Fsp3) is 0.444. The van der Waals surface area contributed by atoms with Gasteiger partial charge in [-0.15, -0.1) is 0 Å². The van der Waals surface area contributed by atoms with Gasteiger partial charge in [0.15, 0.2) is 0 Å². The average molecular weight is 312 g/mol. The second-order valence-electron chi connectivity index (χ2n) is 6.35. The molecule has 0 aliphatic carbocycles. The standard InChI is InChI=1S/C18H24N4O/c1-13-10-17(18(23)21-9-5-6-15(19)11-21)14(2)22(13)12-16-7-3-4-8-20-16/h3-4,7-8,10,15H,5-6,9,11-12,19H2,1-2H3. The zero-order valence-corrected chi connectivity index (χ0v) is 13.8. The number of carbonyl (C=O) groups excluding carboxylic acids is 1. The van der Waals surface area contributed by atoms with Crippen molar-refractivity contribution in [3.8, 4) is 0 Å². The molecule has 2 aromatic rings. The molecule has 0 spiro atoms. The molecule has 122 valence electrons. The van der Waals surface area contributed by atoms with Crippen molar-refractivity contribution in [2.45, 2.75) is 39.3 Å². The summed E-state index contributed by atoms with van der Waals surface area (Å²) in [4.78, 5) is 19.1. The maximum absolute atomic E-state index is 12.8. The summed E-state index contributed by atoms with van der Waals surface area (Å²) in [5.41, 5.74) is 9.87. The molecule has 1 unspecified atom stereocenters. The van der Waals surface area contributed by atoms with Crippen molar-refractivity contribution in [1.29, 1.82) is 0 Å². The highest BCUT2D eigenvalue weighted by Crippen LogP contribution is 2.20. The summed E-state index contributed by atoms with van der Waals surface area (Å²) in [5, 5.41) is 0. The Labute approximate surface area is 137 Å². The van der Waals surface area contributed by atoms with Crippen LogP contribution in [-0.2, 0) is 6.54 Å². The van der Waals surface area contributed by atoms with Crippen LogP contribution >= 0.6 is 0 Å². The van der Waals surface area contributed by atoms with Gasteiger partial charge in [0.05, 0.1) is 17.8 Å². The van der Waals surface area contributed by atoms with E-state index >= 15 is 0 Å². The minimum atomic E-state index is 0.0977. The van der Waals surface area contributed by atoms with E-state index in [1.807, 2.05) is 43.0 Å². The van der Waals surface area contributed by atoms with E-state index in [9.17, 15) is 4.79 Å². The minimum absolute atomic E-state index is 0.0977. The highest BCUT2D eigenvalue weighted by Gasteiger charge is 2.25. The Morgan fingerprint density at radius 1 is 1.39 bits per heavy atom. The first-order valence-electron chi connectivity index (χ1n) is 8.17. The number of carbonyl (C=O) groups is 1. The number of aryl methyl sites for hydroxylation is 1. The van der Waals surface area contributed by atoms with E-state index in [1.165, 1.54) is 0 Å². The molecule has 23 heavy (non-hydrogen) atoms. The molecule has 5 heteroatoms. The van der Waals surface area contributed by atoms with Gasteiger partial charge >= 0.3 is 0 Å². The minimum Gasteiger partial charge on any atom is -0.342 e. The molecule has 0 radical (unpaired) electrons. The smallest absolute Gasteiger partial charge is 0.255 e. The number of likely N-dealkylation sites (tertiary alicyclic amines) is 1. The molecule has 2 N–H and O–H groups in total.